The summed E-state index contributed by atoms with van der Waals surface area (Å²) in [6.45, 7) is 0.512. The Morgan fingerprint density at radius 3 is 2.81 bits per heavy atom. The molecule has 0 aliphatic heterocycles. The third-order valence-corrected chi connectivity index (χ3v) is 1.99. The van der Waals surface area contributed by atoms with E-state index in [9.17, 15) is 4.79 Å². The molecule has 0 radical (unpaired) electrons. The predicted octanol–water partition coefficient (Wildman–Crippen LogP) is 0.334. The molecule has 1 rings (SSSR count). The molecule has 0 aromatic heterocycles. The number of benzene rings is 1. The number of rotatable bonds is 5. The highest BCUT2D eigenvalue weighted by molar-refractivity contribution is 5.93. The Kier molecular flexibility index (Phi) is 4.14. The van der Waals surface area contributed by atoms with Crippen molar-refractivity contribution >= 4 is 17.4 Å². The second kappa shape index (κ2) is 5.59. The van der Waals surface area contributed by atoms with Gasteiger partial charge in [-0.25, -0.2) is 0 Å². The monoisotopic (exact) mass is 222 g/mol. The SMILES string of the molecule is NC(=O)c1cccc(NCC/C(N)=N/O)c1. The van der Waals surface area contributed by atoms with Crippen molar-refractivity contribution in [2.24, 2.45) is 16.6 Å². The van der Waals surface area contributed by atoms with Crippen molar-refractivity contribution in [2.75, 3.05) is 11.9 Å². The highest BCUT2D eigenvalue weighted by Gasteiger charge is 2.00. The van der Waals surface area contributed by atoms with Crippen LogP contribution < -0.4 is 16.8 Å². The van der Waals surface area contributed by atoms with E-state index in [-0.39, 0.29) is 5.84 Å². The molecule has 6 heteroatoms. The van der Waals surface area contributed by atoms with Crippen molar-refractivity contribution in [1.82, 2.24) is 0 Å². The van der Waals surface area contributed by atoms with Gasteiger partial charge in [-0.1, -0.05) is 11.2 Å². The van der Waals surface area contributed by atoms with Gasteiger partial charge >= 0.3 is 0 Å². The Morgan fingerprint density at radius 1 is 1.44 bits per heavy atom. The maximum absolute atomic E-state index is 10.9. The van der Waals surface area contributed by atoms with Gasteiger partial charge in [0.05, 0.1) is 0 Å². The number of amidine groups is 1. The molecule has 0 bridgehead atoms. The molecule has 0 spiro atoms. The molecular formula is C10H14N4O2. The highest BCUT2D eigenvalue weighted by Crippen LogP contribution is 2.09. The van der Waals surface area contributed by atoms with E-state index in [0.717, 1.165) is 5.69 Å². The molecule has 0 atom stereocenters. The number of carbonyl (C=O) groups is 1. The van der Waals surface area contributed by atoms with E-state index in [4.69, 9.17) is 16.7 Å². The fraction of sp³-hybridized carbons (Fsp3) is 0.200. The van der Waals surface area contributed by atoms with Gasteiger partial charge in [0, 0.05) is 24.2 Å². The number of hydrogen-bond acceptors (Lipinski definition) is 4. The van der Waals surface area contributed by atoms with E-state index in [2.05, 4.69) is 10.5 Å². The van der Waals surface area contributed by atoms with E-state index >= 15 is 0 Å². The van der Waals surface area contributed by atoms with Gasteiger partial charge in [0.25, 0.3) is 0 Å². The molecule has 1 aromatic rings. The smallest absolute Gasteiger partial charge is 0.248 e. The fourth-order valence-electron chi connectivity index (χ4n) is 1.17. The summed E-state index contributed by atoms with van der Waals surface area (Å²) < 4.78 is 0. The molecule has 0 unspecified atom stereocenters. The van der Waals surface area contributed by atoms with E-state index in [0.29, 0.717) is 18.5 Å². The van der Waals surface area contributed by atoms with Crippen molar-refractivity contribution in [2.45, 2.75) is 6.42 Å². The highest BCUT2D eigenvalue weighted by atomic mass is 16.4. The summed E-state index contributed by atoms with van der Waals surface area (Å²) in [5.74, 6) is -0.321. The van der Waals surface area contributed by atoms with Crippen LogP contribution in [-0.4, -0.2) is 23.5 Å². The fourth-order valence-corrected chi connectivity index (χ4v) is 1.17. The second-order valence-electron chi connectivity index (χ2n) is 3.21. The summed E-state index contributed by atoms with van der Waals surface area (Å²) in [7, 11) is 0. The van der Waals surface area contributed by atoms with Gasteiger partial charge in [-0.3, -0.25) is 4.79 Å². The maximum Gasteiger partial charge on any atom is 0.248 e. The summed E-state index contributed by atoms with van der Waals surface area (Å²) in [5.41, 5.74) is 11.6. The van der Waals surface area contributed by atoms with E-state index < -0.39 is 5.91 Å². The molecule has 0 saturated carbocycles. The third kappa shape index (κ3) is 3.49. The first-order valence-electron chi connectivity index (χ1n) is 4.73. The lowest BCUT2D eigenvalue weighted by atomic mass is 10.2. The summed E-state index contributed by atoms with van der Waals surface area (Å²) >= 11 is 0. The number of oxime groups is 1. The molecule has 1 amide bonds. The topological polar surface area (TPSA) is 114 Å². The van der Waals surface area contributed by atoms with Crippen LogP contribution in [0.1, 0.15) is 16.8 Å². The first-order valence-corrected chi connectivity index (χ1v) is 4.73. The van der Waals surface area contributed by atoms with Gasteiger partial charge in [0.15, 0.2) is 0 Å². The number of nitrogens with one attached hydrogen (secondary N) is 1. The molecule has 6 nitrogen and oxygen atoms in total. The third-order valence-electron chi connectivity index (χ3n) is 1.99. The molecule has 0 fully saturated rings. The Hall–Kier alpha value is -2.24. The Labute approximate surface area is 92.9 Å². The Balaban J connectivity index is 2.54. The van der Waals surface area contributed by atoms with Crippen LogP contribution in [0.3, 0.4) is 0 Å². The second-order valence-corrected chi connectivity index (χ2v) is 3.21. The van der Waals surface area contributed by atoms with Crippen molar-refractivity contribution < 1.29 is 10.0 Å². The van der Waals surface area contributed by atoms with Crippen LogP contribution in [0.5, 0.6) is 0 Å². The number of nitrogens with two attached hydrogens (primary N) is 2. The van der Waals surface area contributed by atoms with Gasteiger partial charge in [-0.05, 0) is 18.2 Å². The molecule has 0 saturated heterocycles. The van der Waals surface area contributed by atoms with E-state index in [1.165, 1.54) is 0 Å². The number of hydrogen-bond donors (Lipinski definition) is 4. The predicted molar refractivity (Wildman–Crippen MR) is 61.5 cm³/mol. The zero-order valence-corrected chi connectivity index (χ0v) is 8.68. The lowest BCUT2D eigenvalue weighted by Crippen LogP contribution is -2.17. The first kappa shape index (κ1) is 11.8. The largest absolute Gasteiger partial charge is 0.409 e. The van der Waals surface area contributed by atoms with Gasteiger partial charge < -0.3 is 22.0 Å². The molecule has 16 heavy (non-hydrogen) atoms. The van der Waals surface area contributed by atoms with E-state index in [1.807, 2.05) is 0 Å². The summed E-state index contributed by atoms with van der Waals surface area (Å²) in [6.07, 6.45) is 0.414. The van der Waals surface area contributed by atoms with Gasteiger partial charge in [-0.15, -0.1) is 0 Å². The van der Waals surface area contributed by atoms with Crippen LogP contribution in [0.4, 0.5) is 5.69 Å². The molecule has 0 aliphatic rings. The molecule has 1 aromatic carbocycles. The van der Waals surface area contributed by atoms with Crippen LogP contribution in [-0.2, 0) is 0 Å². The number of carbonyl (C=O) groups excluding carboxylic acids is 1. The van der Waals surface area contributed by atoms with Crippen LogP contribution >= 0.6 is 0 Å². The minimum atomic E-state index is -0.472. The minimum absolute atomic E-state index is 0.151. The summed E-state index contributed by atoms with van der Waals surface area (Å²) in [4.78, 5) is 10.9. The average Bonchev–Trinajstić information content (AvgIpc) is 2.29. The van der Waals surface area contributed by atoms with Gasteiger partial charge in [-0.2, -0.15) is 0 Å². The summed E-state index contributed by atoms with van der Waals surface area (Å²) in [5, 5.41) is 14.2. The van der Waals surface area contributed by atoms with Crippen LogP contribution in [0.25, 0.3) is 0 Å². The van der Waals surface area contributed by atoms with Crippen molar-refractivity contribution in [3.63, 3.8) is 0 Å². The quantitative estimate of drug-likeness (QED) is 0.249. The minimum Gasteiger partial charge on any atom is -0.409 e. The standard InChI is InChI=1S/C10H14N4O2/c11-9(14-16)4-5-13-8-3-1-2-7(6-8)10(12)15/h1-3,6,13,16H,4-5H2,(H2,11,14)(H2,12,15). The molecule has 0 heterocycles. The zero-order valence-electron chi connectivity index (χ0n) is 8.68. The zero-order chi connectivity index (χ0) is 12.0. The lowest BCUT2D eigenvalue weighted by molar-refractivity contribution is 0.100. The van der Waals surface area contributed by atoms with Crippen LogP contribution in [0, 0.1) is 0 Å². The number of anilines is 1. The first-order chi connectivity index (χ1) is 7.63. The van der Waals surface area contributed by atoms with Crippen LogP contribution in [0.15, 0.2) is 29.4 Å². The number of nitrogens with zero attached hydrogens (tertiary/aromatic N) is 1. The summed E-state index contributed by atoms with van der Waals surface area (Å²) in [6, 6.07) is 6.82. The molecular weight excluding hydrogens is 208 g/mol. The van der Waals surface area contributed by atoms with Crippen molar-refractivity contribution in [3.8, 4) is 0 Å². The number of amides is 1. The Morgan fingerprint density at radius 2 is 2.19 bits per heavy atom. The number of primary amides is 1. The van der Waals surface area contributed by atoms with Gasteiger partial charge in [0.1, 0.15) is 5.84 Å². The van der Waals surface area contributed by atoms with Crippen molar-refractivity contribution in [1.29, 1.82) is 0 Å². The Bertz CT molecular complexity index is 404. The van der Waals surface area contributed by atoms with Crippen molar-refractivity contribution in [3.05, 3.63) is 29.8 Å². The normalized spacial score (nSPS) is 11.1. The molecule has 0 aliphatic carbocycles. The maximum atomic E-state index is 10.9. The van der Waals surface area contributed by atoms with E-state index in [1.54, 1.807) is 24.3 Å². The molecule has 6 N–H and O–H groups in total. The van der Waals surface area contributed by atoms with Gasteiger partial charge in [0.2, 0.25) is 5.91 Å². The average molecular weight is 222 g/mol. The lowest BCUT2D eigenvalue weighted by Gasteiger charge is -2.06. The molecule has 86 valence electrons. The van der Waals surface area contributed by atoms with Crippen LogP contribution in [0.2, 0.25) is 0 Å².